The Balaban J connectivity index is 2.36. The highest BCUT2D eigenvalue weighted by Crippen LogP contribution is 2.20. The molecule has 2 aromatic carbocycles. The first-order valence-corrected chi connectivity index (χ1v) is 6.18. The maximum Gasteiger partial charge on any atom is -0.00204 e. The molecular weight excluding hydrogens is 204 g/mol. The molecule has 0 aliphatic carbocycles. The van der Waals surface area contributed by atoms with E-state index in [4.69, 9.17) is 0 Å². The van der Waals surface area contributed by atoms with Crippen molar-refractivity contribution in [1.29, 1.82) is 0 Å². The standard InChI is InChI=1S/C17H20/c1-12-6-5-7-16(10-12)11-17-14(3)8-13(2)9-15(17)4/h5-10H,11H2,1-4H3. The van der Waals surface area contributed by atoms with Crippen LogP contribution in [-0.2, 0) is 6.42 Å². The number of hydrogen-bond donors (Lipinski definition) is 0. The van der Waals surface area contributed by atoms with E-state index in [0.717, 1.165) is 6.42 Å². The van der Waals surface area contributed by atoms with Crippen molar-refractivity contribution >= 4 is 0 Å². The molecule has 88 valence electrons. The lowest BCUT2D eigenvalue weighted by Gasteiger charge is -2.11. The van der Waals surface area contributed by atoms with Gasteiger partial charge in [-0.25, -0.2) is 0 Å². The molecule has 0 amide bonds. The summed E-state index contributed by atoms with van der Waals surface area (Å²) in [6, 6.07) is 13.3. The molecular formula is C17H20. The third-order valence-corrected chi connectivity index (χ3v) is 3.30. The molecule has 0 radical (unpaired) electrons. The molecule has 2 rings (SSSR count). The molecule has 0 saturated heterocycles. The number of benzene rings is 2. The van der Waals surface area contributed by atoms with E-state index in [1.807, 2.05) is 0 Å². The van der Waals surface area contributed by atoms with Gasteiger partial charge in [-0.15, -0.1) is 0 Å². The van der Waals surface area contributed by atoms with E-state index < -0.39 is 0 Å². The summed E-state index contributed by atoms with van der Waals surface area (Å²) in [6.07, 6.45) is 1.04. The molecule has 0 atom stereocenters. The van der Waals surface area contributed by atoms with Crippen molar-refractivity contribution in [1.82, 2.24) is 0 Å². The number of rotatable bonds is 2. The molecule has 0 saturated carbocycles. The Morgan fingerprint density at radius 2 is 1.41 bits per heavy atom. The van der Waals surface area contributed by atoms with Gasteiger partial charge >= 0.3 is 0 Å². The van der Waals surface area contributed by atoms with Crippen LogP contribution in [0.1, 0.15) is 33.4 Å². The van der Waals surface area contributed by atoms with E-state index in [1.165, 1.54) is 33.4 Å². The first-order valence-electron chi connectivity index (χ1n) is 6.18. The lowest BCUT2D eigenvalue weighted by Crippen LogP contribution is -1.97. The van der Waals surface area contributed by atoms with Crippen LogP contribution < -0.4 is 0 Å². The van der Waals surface area contributed by atoms with Crippen molar-refractivity contribution in [3.8, 4) is 0 Å². The predicted molar refractivity (Wildman–Crippen MR) is 74.6 cm³/mol. The van der Waals surface area contributed by atoms with Gasteiger partial charge in [0.25, 0.3) is 0 Å². The van der Waals surface area contributed by atoms with Crippen LogP contribution in [0.25, 0.3) is 0 Å². The molecule has 0 heteroatoms. The summed E-state index contributed by atoms with van der Waals surface area (Å²) in [6.45, 7) is 8.74. The fourth-order valence-corrected chi connectivity index (χ4v) is 2.51. The van der Waals surface area contributed by atoms with Gasteiger partial charge in [0.1, 0.15) is 0 Å². The van der Waals surface area contributed by atoms with E-state index in [2.05, 4.69) is 64.1 Å². The van der Waals surface area contributed by atoms with Gasteiger partial charge in [-0.05, 0) is 56.4 Å². The molecule has 0 aliphatic heterocycles. The van der Waals surface area contributed by atoms with Gasteiger partial charge in [-0.1, -0.05) is 47.5 Å². The minimum absolute atomic E-state index is 1.04. The lowest BCUT2D eigenvalue weighted by atomic mass is 9.94. The van der Waals surface area contributed by atoms with Gasteiger partial charge in [0.05, 0.1) is 0 Å². The quantitative estimate of drug-likeness (QED) is 0.704. The van der Waals surface area contributed by atoms with E-state index in [0.29, 0.717) is 0 Å². The van der Waals surface area contributed by atoms with Crippen molar-refractivity contribution in [3.63, 3.8) is 0 Å². The van der Waals surface area contributed by atoms with Crippen LogP contribution in [-0.4, -0.2) is 0 Å². The molecule has 0 heterocycles. The highest BCUT2D eigenvalue weighted by molar-refractivity contribution is 5.41. The molecule has 0 aromatic heterocycles. The highest BCUT2D eigenvalue weighted by atomic mass is 14.1. The minimum Gasteiger partial charge on any atom is -0.0617 e. The van der Waals surface area contributed by atoms with Gasteiger partial charge in [0.2, 0.25) is 0 Å². The monoisotopic (exact) mass is 224 g/mol. The van der Waals surface area contributed by atoms with Gasteiger partial charge in [0.15, 0.2) is 0 Å². The summed E-state index contributed by atoms with van der Waals surface area (Å²) >= 11 is 0. The molecule has 0 unspecified atom stereocenters. The van der Waals surface area contributed by atoms with E-state index >= 15 is 0 Å². The van der Waals surface area contributed by atoms with Gasteiger partial charge in [0, 0.05) is 0 Å². The van der Waals surface area contributed by atoms with Crippen LogP contribution in [0.15, 0.2) is 36.4 Å². The fourth-order valence-electron chi connectivity index (χ4n) is 2.51. The first kappa shape index (κ1) is 11.9. The van der Waals surface area contributed by atoms with Crippen LogP contribution in [0, 0.1) is 27.7 Å². The lowest BCUT2D eigenvalue weighted by molar-refractivity contribution is 1.11. The second kappa shape index (κ2) is 4.75. The minimum atomic E-state index is 1.04. The molecule has 0 fully saturated rings. The molecule has 17 heavy (non-hydrogen) atoms. The van der Waals surface area contributed by atoms with Crippen LogP contribution >= 0.6 is 0 Å². The third kappa shape index (κ3) is 2.76. The summed E-state index contributed by atoms with van der Waals surface area (Å²) < 4.78 is 0. The number of hydrogen-bond acceptors (Lipinski definition) is 0. The van der Waals surface area contributed by atoms with Crippen molar-refractivity contribution in [2.24, 2.45) is 0 Å². The second-order valence-corrected chi connectivity index (χ2v) is 5.04. The zero-order chi connectivity index (χ0) is 12.4. The summed E-state index contributed by atoms with van der Waals surface area (Å²) in [5, 5.41) is 0. The molecule has 0 bridgehead atoms. The smallest absolute Gasteiger partial charge is 0.00204 e. The Kier molecular flexibility index (Phi) is 3.33. The van der Waals surface area contributed by atoms with E-state index in [1.54, 1.807) is 0 Å². The van der Waals surface area contributed by atoms with Crippen LogP contribution in [0.4, 0.5) is 0 Å². The average molecular weight is 224 g/mol. The van der Waals surface area contributed by atoms with Gasteiger partial charge < -0.3 is 0 Å². The van der Waals surface area contributed by atoms with Crippen molar-refractivity contribution in [2.45, 2.75) is 34.1 Å². The average Bonchev–Trinajstić information content (AvgIpc) is 2.23. The van der Waals surface area contributed by atoms with Gasteiger partial charge in [-0.2, -0.15) is 0 Å². The van der Waals surface area contributed by atoms with Crippen LogP contribution in [0.3, 0.4) is 0 Å². The maximum atomic E-state index is 2.28. The second-order valence-electron chi connectivity index (χ2n) is 5.04. The zero-order valence-electron chi connectivity index (χ0n) is 11.2. The Bertz CT molecular complexity index is 512. The van der Waals surface area contributed by atoms with Crippen LogP contribution in [0.2, 0.25) is 0 Å². The normalized spacial score (nSPS) is 10.6. The van der Waals surface area contributed by atoms with Crippen LogP contribution in [0.5, 0.6) is 0 Å². The summed E-state index contributed by atoms with van der Waals surface area (Å²) in [4.78, 5) is 0. The number of aryl methyl sites for hydroxylation is 4. The van der Waals surface area contributed by atoms with E-state index in [9.17, 15) is 0 Å². The summed E-state index contributed by atoms with van der Waals surface area (Å²) in [7, 11) is 0. The zero-order valence-corrected chi connectivity index (χ0v) is 11.2. The van der Waals surface area contributed by atoms with E-state index in [-0.39, 0.29) is 0 Å². The van der Waals surface area contributed by atoms with Crippen molar-refractivity contribution in [3.05, 3.63) is 69.8 Å². The van der Waals surface area contributed by atoms with Crippen molar-refractivity contribution < 1.29 is 0 Å². The predicted octanol–water partition coefficient (Wildman–Crippen LogP) is 4.51. The van der Waals surface area contributed by atoms with Crippen molar-refractivity contribution in [2.75, 3.05) is 0 Å². The summed E-state index contributed by atoms with van der Waals surface area (Å²) in [5.74, 6) is 0. The van der Waals surface area contributed by atoms with Gasteiger partial charge in [-0.3, -0.25) is 0 Å². The first-order chi connectivity index (χ1) is 8.06. The SMILES string of the molecule is Cc1cccc(Cc2c(C)cc(C)cc2C)c1. The topological polar surface area (TPSA) is 0 Å². The maximum absolute atomic E-state index is 2.28. The Labute approximate surface area is 104 Å². The fraction of sp³-hybridized carbons (Fsp3) is 0.294. The highest BCUT2D eigenvalue weighted by Gasteiger charge is 2.05. The summed E-state index contributed by atoms with van der Waals surface area (Å²) in [5.41, 5.74) is 8.38. The largest absolute Gasteiger partial charge is 0.0617 e. The molecule has 2 aromatic rings. The molecule has 0 nitrogen and oxygen atoms in total. The Morgan fingerprint density at radius 1 is 0.765 bits per heavy atom. The Hall–Kier alpha value is -1.56. The molecule has 0 aliphatic rings. The molecule has 0 spiro atoms. The Morgan fingerprint density at radius 3 is 2.00 bits per heavy atom. The third-order valence-electron chi connectivity index (χ3n) is 3.30. The molecule has 0 N–H and O–H groups in total.